The zero-order valence-corrected chi connectivity index (χ0v) is 25.1. The lowest BCUT2D eigenvalue weighted by molar-refractivity contribution is -0.139. The minimum absolute atomic E-state index is 0.00730. The van der Waals surface area contributed by atoms with Gasteiger partial charge in [0.2, 0.25) is 11.8 Å². The van der Waals surface area contributed by atoms with E-state index in [1.807, 2.05) is 6.92 Å². The molecular weight excluding hydrogens is 581 g/mol. The van der Waals surface area contributed by atoms with Crippen LogP contribution in [-0.4, -0.2) is 43.8 Å². The fraction of sp³-hybridized carbons (Fsp3) is 0.286. The highest BCUT2D eigenvalue weighted by Crippen LogP contribution is 2.31. The van der Waals surface area contributed by atoms with Gasteiger partial charge in [-0.15, -0.1) is 0 Å². The maximum atomic E-state index is 13.9. The molecule has 1 atom stereocenters. The number of rotatable bonds is 10. The molecule has 3 aromatic carbocycles. The van der Waals surface area contributed by atoms with E-state index in [4.69, 9.17) is 34.8 Å². The van der Waals surface area contributed by atoms with Crippen LogP contribution in [0.1, 0.15) is 31.9 Å². The Kier molecular flexibility index (Phi) is 10.3. The lowest BCUT2D eigenvalue weighted by atomic mass is 10.1. The monoisotopic (exact) mass is 609 g/mol. The summed E-state index contributed by atoms with van der Waals surface area (Å²) in [5.74, 6) is -1.06. The molecule has 3 rings (SSSR count). The maximum absolute atomic E-state index is 13.9. The zero-order chi connectivity index (χ0) is 28.9. The summed E-state index contributed by atoms with van der Waals surface area (Å²) in [5.41, 5.74) is 1.44. The highest BCUT2D eigenvalue weighted by Gasteiger charge is 2.34. The Morgan fingerprint density at radius 1 is 0.846 bits per heavy atom. The molecule has 0 aromatic heterocycles. The number of halogens is 3. The van der Waals surface area contributed by atoms with Crippen LogP contribution in [-0.2, 0) is 26.2 Å². The molecule has 0 fully saturated rings. The molecule has 1 N–H and O–H groups in total. The van der Waals surface area contributed by atoms with Crippen molar-refractivity contribution >= 4 is 62.3 Å². The number of para-hydroxylation sites is 1. The van der Waals surface area contributed by atoms with Crippen LogP contribution in [0.3, 0.4) is 0 Å². The summed E-state index contributed by atoms with van der Waals surface area (Å²) in [5, 5.41) is 3.57. The number of nitrogens with one attached hydrogen (secondary N) is 1. The molecular formula is C28H30Cl3N3O4S. The van der Waals surface area contributed by atoms with Crippen molar-refractivity contribution in [2.45, 2.75) is 51.2 Å². The van der Waals surface area contributed by atoms with Gasteiger partial charge in [0.1, 0.15) is 12.6 Å². The van der Waals surface area contributed by atoms with Crippen molar-refractivity contribution in [2.75, 3.05) is 10.8 Å². The maximum Gasteiger partial charge on any atom is 0.264 e. The van der Waals surface area contributed by atoms with Crippen molar-refractivity contribution in [1.82, 2.24) is 10.2 Å². The molecule has 0 spiro atoms. The van der Waals surface area contributed by atoms with Gasteiger partial charge in [0, 0.05) is 28.2 Å². The number of benzene rings is 3. The van der Waals surface area contributed by atoms with E-state index in [1.165, 1.54) is 23.1 Å². The number of hydrogen-bond donors (Lipinski definition) is 1. The molecule has 0 radical (unpaired) electrons. The third-order valence-corrected chi connectivity index (χ3v) is 8.80. The molecule has 7 nitrogen and oxygen atoms in total. The highest BCUT2D eigenvalue weighted by molar-refractivity contribution is 7.92. The number of aryl methyl sites for hydroxylation is 1. The van der Waals surface area contributed by atoms with Gasteiger partial charge < -0.3 is 10.2 Å². The van der Waals surface area contributed by atoms with Crippen molar-refractivity contribution in [3.05, 3.63) is 92.9 Å². The number of sulfonamides is 1. The van der Waals surface area contributed by atoms with Gasteiger partial charge >= 0.3 is 0 Å². The van der Waals surface area contributed by atoms with Gasteiger partial charge in [-0.2, -0.15) is 0 Å². The standard InChI is InChI=1S/C28H30Cl3N3O4S/c1-18(2)32-28(36)20(4)33(16-22-23(29)9-7-10-24(22)30)27(35)17-34(26-11-6-5-8-25(26)31)39(37,38)21-14-12-19(3)13-15-21/h5-15,18,20H,16-17H2,1-4H3,(H,32,36)/t20-/m1/s1. The molecule has 0 saturated carbocycles. The second-order valence-corrected chi connectivity index (χ2v) is 12.4. The number of carbonyl (C=O) groups excluding carboxylic acids is 2. The first kappa shape index (κ1) is 30.8. The smallest absolute Gasteiger partial charge is 0.264 e. The number of hydrogen-bond acceptors (Lipinski definition) is 4. The van der Waals surface area contributed by atoms with E-state index in [9.17, 15) is 18.0 Å². The van der Waals surface area contributed by atoms with E-state index in [0.717, 1.165) is 9.87 Å². The summed E-state index contributed by atoms with van der Waals surface area (Å²) >= 11 is 19.2. The Bertz CT molecular complexity index is 1430. The molecule has 208 valence electrons. The van der Waals surface area contributed by atoms with Crippen molar-refractivity contribution < 1.29 is 18.0 Å². The molecule has 0 heterocycles. The van der Waals surface area contributed by atoms with Gasteiger partial charge in [-0.1, -0.05) is 70.7 Å². The van der Waals surface area contributed by atoms with Crippen LogP contribution in [0.25, 0.3) is 0 Å². The molecule has 0 aliphatic rings. The summed E-state index contributed by atoms with van der Waals surface area (Å²) < 4.78 is 28.6. The van der Waals surface area contributed by atoms with Gasteiger partial charge in [0.05, 0.1) is 15.6 Å². The van der Waals surface area contributed by atoms with Crippen molar-refractivity contribution in [3.63, 3.8) is 0 Å². The second kappa shape index (κ2) is 13.0. The third-order valence-electron chi connectivity index (χ3n) is 6.00. The van der Waals surface area contributed by atoms with Crippen LogP contribution < -0.4 is 9.62 Å². The number of carbonyl (C=O) groups is 2. The van der Waals surface area contributed by atoms with Crippen LogP contribution in [0.4, 0.5) is 5.69 Å². The highest BCUT2D eigenvalue weighted by atomic mass is 35.5. The lowest BCUT2D eigenvalue weighted by Crippen LogP contribution is -2.52. The van der Waals surface area contributed by atoms with Gasteiger partial charge in [-0.3, -0.25) is 13.9 Å². The topological polar surface area (TPSA) is 86.8 Å². The molecule has 3 aromatic rings. The lowest BCUT2D eigenvalue weighted by Gasteiger charge is -2.33. The average Bonchev–Trinajstić information content (AvgIpc) is 2.87. The quantitative estimate of drug-likeness (QED) is 0.301. The Labute approximate surface area is 244 Å². The van der Waals surface area contributed by atoms with Gasteiger partial charge in [0.25, 0.3) is 10.0 Å². The zero-order valence-electron chi connectivity index (χ0n) is 22.0. The largest absolute Gasteiger partial charge is 0.352 e. The predicted molar refractivity (Wildman–Crippen MR) is 157 cm³/mol. The molecule has 0 unspecified atom stereocenters. The Morgan fingerprint density at radius 2 is 1.41 bits per heavy atom. The SMILES string of the molecule is Cc1ccc(S(=O)(=O)N(CC(=O)N(Cc2c(Cl)cccc2Cl)[C@H](C)C(=O)NC(C)C)c2ccccc2Cl)cc1. The first-order chi connectivity index (χ1) is 18.3. The fourth-order valence-electron chi connectivity index (χ4n) is 3.85. The number of amides is 2. The Hall–Kier alpha value is -2.78. The molecule has 2 amide bonds. The van der Waals surface area contributed by atoms with Gasteiger partial charge in [0.15, 0.2) is 0 Å². The van der Waals surface area contributed by atoms with Gasteiger partial charge in [-0.05, 0) is 64.1 Å². The normalized spacial score (nSPS) is 12.2. The summed E-state index contributed by atoms with van der Waals surface area (Å²) in [6, 6.07) is 16.4. The summed E-state index contributed by atoms with van der Waals surface area (Å²) in [7, 11) is -4.23. The number of nitrogens with zero attached hydrogens (tertiary/aromatic N) is 2. The first-order valence-corrected chi connectivity index (χ1v) is 14.8. The molecule has 0 aliphatic carbocycles. The van der Waals surface area contributed by atoms with E-state index in [-0.39, 0.29) is 28.2 Å². The number of anilines is 1. The van der Waals surface area contributed by atoms with E-state index in [0.29, 0.717) is 15.6 Å². The minimum Gasteiger partial charge on any atom is -0.352 e. The molecule has 0 aliphatic heterocycles. The second-order valence-electron chi connectivity index (χ2n) is 9.34. The third kappa shape index (κ3) is 7.45. The predicted octanol–water partition coefficient (Wildman–Crippen LogP) is 6.09. The van der Waals surface area contributed by atoms with Crippen LogP contribution in [0, 0.1) is 6.92 Å². The van der Waals surface area contributed by atoms with Crippen LogP contribution in [0.2, 0.25) is 15.1 Å². The van der Waals surface area contributed by atoms with E-state index >= 15 is 0 Å². The first-order valence-electron chi connectivity index (χ1n) is 12.2. The molecule has 0 saturated heterocycles. The Balaban J connectivity index is 2.08. The average molecular weight is 611 g/mol. The van der Waals surface area contributed by atoms with E-state index in [2.05, 4.69) is 5.32 Å². The van der Waals surface area contributed by atoms with Crippen LogP contribution in [0.15, 0.2) is 71.6 Å². The Morgan fingerprint density at radius 3 is 1.97 bits per heavy atom. The summed E-state index contributed by atoms with van der Waals surface area (Å²) in [6.07, 6.45) is 0. The molecule has 39 heavy (non-hydrogen) atoms. The van der Waals surface area contributed by atoms with Crippen LogP contribution in [0.5, 0.6) is 0 Å². The van der Waals surface area contributed by atoms with Crippen molar-refractivity contribution in [1.29, 1.82) is 0 Å². The van der Waals surface area contributed by atoms with E-state index in [1.54, 1.807) is 69.3 Å². The summed E-state index contributed by atoms with van der Waals surface area (Å²) in [6.45, 7) is 6.26. The van der Waals surface area contributed by atoms with Crippen LogP contribution >= 0.6 is 34.8 Å². The molecule has 11 heteroatoms. The molecule has 0 bridgehead atoms. The minimum atomic E-state index is -4.23. The van der Waals surface area contributed by atoms with Crippen molar-refractivity contribution in [3.8, 4) is 0 Å². The van der Waals surface area contributed by atoms with E-state index < -0.39 is 34.4 Å². The summed E-state index contributed by atoms with van der Waals surface area (Å²) in [4.78, 5) is 28.2. The van der Waals surface area contributed by atoms with Crippen molar-refractivity contribution in [2.24, 2.45) is 0 Å². The fourth-order valence-corrected chi connectivity index (χ4v) is 6.08. The van der Waals surface area contributed by atoms with Gasteiger partial charge in [-0.25, -0.2) is 8.42 Å².